The first-order valence-corrected chi connectivity index (χ1v) is 8.09. The van der Waals surface area contributed by atoms with Crippen molar-refractivity contribution in [2.45, 2.75) is 6.92 Å². The number of fused-ring (bicyclic) bond motifs is 1. The Morgan fingerprint density at radius 2 is 1.81 bits per heavy atom. The van der Waals surface area contributed by atoms with Crippen molar-refractivity contribution in [2.24, 2.45) is 0 Å². The van der Waals surface area contributed by atoms with Gasteiger partial charge in [0, 0.05) is 17.9 Å². The summed E-state index contributed by atoms with van der Waals surface area (Å²) in [6, 6.07) is 14.9. The smallest absolute Gasteiger partial charge is 0.308 e. The van der Waals surface area contributed by atoms with Crippen LogP contribution >= 0.6 is 0 Å². The molecular weight excluding hydrogens is 330 g/mol. The highest BCUT2D eigenvalue weighted by Gasteiger charge is 2.07. The minimum Gasteiger partial charge on any atom is -0.497 e. The first kappa shape index (κ1) is 17.5. The van der Waals surface area contributed by atoms with E-state index in [4.69, 9.17) is 14.2 Å². The van der Waals surface area contributed by atoms with Crippen molar-refractivity contribution in [1.29, 1.82) is 0 Å². The number of esters is 1. The van der Waals surface area contributed by atoms with Crippen molar-refractivity contribution in [3.63, 3.8) is 0 Å². The van der Waals surface area contributed by atoms with E-state index < -0.39 is 0 Å². The minimum atomic E-state index is -0.374. The molecule has 0 amide bonds. The SMILES string of the molecule is COc1ccc(OC)c(C=Cc2ccc3cccc(OC(C)=O)c3n2)c1. The molecule has 26 heavy (non-hydrogen) atoms. The summed E-state index contributed by atoms with van der Waals surface area (Å²) in [5, 5.41) is 0.903. The van der Waals surface area contributed by atoms with Crippen molar-refractivity contribution in [3.8, 4) is 17.2 Å². The minimum absolute atomic E-state index is 0.374. The number of ether oxygens (including phenoxy) is 3. The van der Waals surface area contributed by atoms with E-state index in [1.165, 1.54) is 6.92 Å². The molecular formula is C21H19NO4. The number of pyridine rings is 1. The molecule has 0 aliphatic heterocycles. The zero-order valence-corrected chi connectivity index (χ0v) is 14.9. The number of hydrogen-bond acceptors (Lipinski definition) is 5. The third-order valence-corrected chi connectivity index (χ3v) is 3.83. The van der Waals surface area contributed by atoms with Gasteiger partial charge in [0.05, 0.1) is 19.9 Å². The van der Waals surface area contributed by atoms with E-state index in [0.717, 1.165) is 28.1 Å². The van der Waals surface area contributed by atoms with E-state index in [2.05, 4.69) is 4.98 Å². The van der Waals surface area contributed by atoms with Crippen LogP contribution < -0.4 is 14.2 Å². The van der Waals surface area contributed by atoms with Crippen LogP contribution in [0.2, 0.25) is 0 Å². The zero-order chi connectivity index (χ0) is 18.5. The average molecular weight is 349 g/mol. The molecule has 0 radical (unpaired) electrons. The highest BCUT2D eigenvalue weighted by atomic mass is 16.5. The molecule has 132 valence electrons. The number of carbonyl (C=O) groups excluding carboxylic acids is 1. The Labute approximate surface area is 151 Å². The summed E-state index contributed by atoms with van der Waals surface area (Å²) in [6.07, 6.45) is 3.78. The second kappa shape index (κ2) is 7.70. The van der Waals surface area contributed by atoms with Gasteiger partial charge in [-0.1, -0.05) is 18.2 Å². The van der Waals surface area contributed by atoms with E-state index in [1.807, 2.05) is 54.6 Å². The van der Waals surface area contributed by atoms with Crippen LogP contribution in [0, 0.1) is 0 Å². The standard InChI is InChI=1S/C21H19NO4/c1-14(23)26-20-6-4-5-15-7-9-17(22-21(15)20)10-8-16-13-18(24-2)11-12-19(16)25-3/h4-13H,1-3H3. The number of para-hydroxylation sites is 1. The van der Waals surface area contributed by atoms with Gasteiger partial charge in [0.25, 0.3) is 0 Å². The molecule has 5 nitrogen and oxygen atoms in total. The van der Waals surface area contributed by atoms with Crippen molar-refractivity contribution in [1.82, 2.24) is 4.98 Å². The summed E-state index contributed by atoms with van der Waals surface area (Å²) < 4.78 is 15.9. The van der Waals surface area contributed by atoms with Gasteiger partial charge in [-0.3, -0.25) is 4.79 Å². The third kappa shape index (κ3) is 3.83. The van der Waals surface area contributed by atoms with Gasteiger partial charge < -0.3 is 14.2 Å². The summed E-state index contributed by atoms with van der Waals surface area (Å²) in [4.78, 5) is 15.9. The van der Waals surface area contributed by atoms with E-state index in [9.17, 15) is 4.79 Å². The topological polar surface area (TPSA) is 57.7 Å². The monoisotopic (exact) mass is 349 g/mol. The Hall–Kier alpha value is -3.34. The van der Waals surface area contributed by atoms with Gasteiger partial charge in [0.15, 0.2) is 5.75 Å². The summed E-state index contributed by atoms with van der Waals surface area (Å²) in [7, 11) is 3.25. The molecule has 0 fully saturated rings. The Morgan fingerprint density at radius 3 is 2.54 bits per heavy atom. The number of nitrogens with zero attached hydrogens (tertiary/aromatic N) is 1. The number of rotatable bonds is 5. The second-order valence-electron chi connectivity index (χ2n) is 5.60. The largest absolute Gasteiger partial charge is 0.497 e. The summed E-state index contributed by atoms with van der Waals surface area (Å²) in [5.41, 5.74) is 2.26. The highest BCUT2D eigenvalue weighted by molar-refractivity contribution is 5.88. The predicted octanol–water partition coefficient (Wildman–Crippen LogP) is 4.35. The molecule has 3 rings (SSSR count). The lowest BCUT2D eigenvalue weighted by molar-refractivity contribution is -0.131. The zero-order valence-electron chi connectivity index (χ0n) is 14.9. The average Bonchev–Trinajstić information content (AvgIpc) is 2.66. The van der Waals surface area contributed by atoms with E-state index in [0.29, 0.717) is 11.3 Å². The van der Waals surface area contributed by atoms with Crippen LogP contribution in [0.5, 0.6) is 17.2 Å². The van der Waals surface area contributed by atoms with Crippen molar-refractivity contribution in [2.75, 3.05) is 14.2 Å². The molecule has 0 bridgehead atoms. The fourth-order valence-corrected chi connectivity index (χ4v) is 2.61. The lowest BCUT2D eigenvalue weighted by atomic mass is 10.1. The Bertz CT molecular complexity index is 979. The molecule has 0 N–H and O–H groups in total. The van der Waals surface area contributed by atoms with Gasteiger partial charge in [0.2, 0.25) is 0 Å². The van der Waals surface area contributed by atoms with Gasteiger partial charge in [-0.05, 0) is 42.5 Å². The molecule has 1 heterocycles. The maximum absolute atomic E-state index is 11.3. The van der Waals surface area contributed by atoms with Crippen LogP contribution in [-0.4, -0.2) is 25.2 Å². The number of carbonyl (C=O) groups is 1. The van der Waals surface area contributed by atoms with E-state index in [-0.39, 0.29) is 5.97 Å². The lowest BCUT2D eigenvalue weighted by Gasteiger charge is -2.08. The van der Waals surface area contributed by atoms with E-state index in [1.54, 1.807) is 20.3 Å². The fraction of sp³-hybridized carbons (Fsp3) is 0.143. The molecule has 3 aromatic rings. The number of aromatic nitrogens is 1. The molecule has 0 saturated heterocycles. The number of hydrogen-bond donors (Lipinski definition) is 0. The van der Waals surface area contributed by atoms with Gasteiger partial charge in [-0.15, -0.1) is 0 Å². The van der Waals surface area contributed by atoms with Crippen molar-refractivity contribution in [3.05, 3.63) is 59.8 Å². The summed E-state index contributed by atoms with van der Waals surface area (Å²) >= 11 is 0. The number of methoxy groups -OCH3 is 2. The van der Waals surface area contributed by atoms with Crippen molar-refractivity contribution < 1.29 is 19.0 Å². The lowest BCUT2D eigenvalue weighted by Crippen LogP contribution is -2.02. The summed E-state index contributed by atoms with van der Waals surface area (Å²) in [6.45, 7) is 1.37. The van der Waals surface area contributed by atoms with Gasteiger partial charge in [0.1, 0.15) is 17.0 Å². The second-order valence-corrected chi connectivity index (χ2v) is 5.60. The molecule has 1 aromatic heterocycles. The Balaban J connectivity index is 1.99. The van der Waals surface area contributed by atoms with Crippen LogP contribution in [0.3, 0.4) is 0 Å². The van der Waals surface area contributed by atoms with Crippen molar-refractivity contribution >= 4 is 29.0 Å². The van der Waals surface area contributed by atoms with Crippen LogP contribution in [0.15, 0.2) is 48.5 Å². The summed E-state index contributed by atoms with van der Waals surface area (Å²) in [5.74, 6) is 1.56. The maximum Gasteiger partial charge on any atom is 0.308 e. The Kier molecular flexibility index (Phi) is 5.17. The fourth-order valence-electron chi connectivity index (χ4n) is 2.61. The predicted molar refractivity (Wildman–Crippen MR) is 102 cm³/mol. The molecule has 0 spiro atoms. The molecule has 0 atom stereocenters. The van der Waals surface area contributed by atoms with Gasteiger partial charge >= 0.3 is 5.97 Å². The third-order valence-electron chi connectivity index (χ3n) is 3.83. The Morgan fingerprint density at radius 1 is 0.962 bits per heavy atom. The maximum atomic E-state index is 11.3. The molecule has 0 aliphatic rings. The normalized spacial score (nSPS) is 10.9. The van der Waals surface area contributed by atoms with Crippen LogP contribution in [0.25, 0.3) is 23.1 Å². The molecule has 0 saturated carbocycles. The molecule has 0 aliphatic carbocycles. The molecule has 0 unspecified atom stereocenters. The molecule has 5 heteroatoms. The van der Waals surface area contributed by atoms with Gasteiger partial charge in [-0.25, -0.2) is 4.98 Å². The van der Waals surface area contributed by atoms with Crippen LogP contribution in [-0.2, 0) is 4.79 Å². The quantitative estimate of drug-likeness (QED) is 0.506. The van der Waals surface area contributed by atoms with Crippen LogP contribution in [0.4, 0.5) is 0 Å². The highest BCUT2D eigenvalue weighted by Crippen LogP contribution is 2.27. The first-order chi connectivity index (χ1) is 12.6. The number of benzene rings is 2. The molecule has 2 aromatic carbocycles. The van der Waals surface area contributed by atoms with E-state index >= 15 is 0 Å². The first-order valence-electron chi connectivity index (χ1n) is 8.09. The van der Waals surface area contributed by atoms with Crippen LogP contribution in [0.1, 0.15) is 18.2 Å². The van der Waals surface area contributed by atoms with Gasteiger partial charge in [-0.2, -0.15) is 0 Å².